The lowest BCUT2D eigenvalue weighted by atomic mass is 10.1. The van der Waals surface area contributed by atoms with Gasteiger partial charge in [-0.15, -0.1) is 0 Å². The van der Waals surface area contributed by atoms with Gasteiger partial charge in [0.1, 0.15) is 13.2 Å². The number of aromatic nitrogens is 2. The molecule has 156 valence electrons. The lowest BCUT2D eigenvalue weighted by Crippen LogP contribution is -2.36. The van der Waals surface area contributed by atoms with Crippen LogP contribution in [-0.2, 0) is 22.6 Å². The Hall–Kier alpha value is -3.56. The number of amides is 1. The number of rotatable bonds is 10. The van der Waals surface area contributed by atoms with Gasteiger partial charge in [-0.3, -0.25) is 14.2 Å². The zero-order valence-electron chi connectivity index (χ0n) is 16.6. The Kier molecular flexibility index (Phi) is 8.01. The van der Waals surface area contributed by atoms with E-state index >= 15 is 0 Å². The molecule has 0 unspecified atom stereocenters. The van der Waals surface area contributed by atoms with E-state index in [1.54, 1.807) is 13.1 Å². The Morgan fingerprint density at radius 1 is 1.24 bits per heavy atom. The second kappa shape index (κ2) is 10.7. The first kappa shape index (κ1) is 21.7. The molecule has 0 saturated heterocycles. The van der Waals surface area contributed by atoms with Crippen molar-refractivity contribution in [2.45, 2.75) is 26.8 Å². The summed E-state index contributed by atoms with van der Waals surface area (Å²) in [6, 6.07) is 8.08. The Morgan fingerprint density at radius 3 is 2.72 bits per heavy atom. The van der Waals surface area contributed by atoms with Crippen LogP contribution in [-0.4, -0.2) is 41.1 Å². The van der Waals surface area contributed by atoms with Crippen LogP contribution in [0.25, 0.3) is 0 Å². The zero-order chi connectivity index (χ0) is 21.2. The van der Waals surface area contributed by atoms with E-state index in [2.05, 4.69) is 26.8 Å². The van der Waals surface area contributed by atoms with E-state index < -0.39 is 0 Å². The van der Waals surface area contributed by atoms with Crippen LogP contribution >= 0.6 is 0 Å². The molecule has 10 heteroatoms. The van der Waals surface area contributed by atoms with Crippen molar-refractivity contribution in [3.63, 3.8) is 0 Å². The van der Waals surface area contributed by atoms with E-state index in [4.69, 9.17) is 16.3 Å². The van der Waals surface area contributed by atoms with E-state index in [-0.39, 0.29) is 42.9 Å². The van der Waals surface area contributed by atoms with Crippen LogP contribution in [0.15, 0.2) is 40.4 Å². The zero-order valence-corrected chi connectivity index (χ0v) is 16.6. The van der Waals surface area contributed by atoms with E-state index in [0.29, 0.717) is 12.2 Å². The fraction of sp³-hybridized carbons (Fsp3) is 0.368. The number of hydrogen-bond donors (Lipinski definition) is 4. The summed E-state index contributed by atoms with van der Waals surface area (Å²) in [5.74, 6) is -0.314. The molecule has 2 rings (SSSR count). The summed E-state index contributed by atoms with van der Waals surface area (Å²) < 4.78 is 1.37. The Balaban J connectivity index is 1.92. The minimum absolute atomic E-state index is 0.111. The number of oxime groups is 1. The number of nitrogens with two attached hydrogens (primary N) is 2. The maximum atomic E-state index is 12.7. The smallest absolute Gasteiger partial charge is 0.293 e. The normalized spacial score (nSPS) is 10.3. The van der Waals surface area contributed by atoms with Gasteiger partial charge in [0, 0.05) is 18.4 Å². The molecule has 10 nitrogen and oxygen atoms in total. The third-order valence-corrected chi connectivity index (χ3v) is 4.19. The largest absolute Gasteiger partial charge is 0.391 e. The molecule has 1 heterocycles. The van der Waals surface area contributed by atoms with Crippen LogP contribution in [0.3, 0.4) is 0 Å². The maximum absolute atomic E-state index is 12.7. The van der Waals surface area contributed by atoms with Crippen molar-refractivity contribution >= 4 is 17.7 Å². The van der Waals surface area contributed by atoms with Gasteiger partial charge in [0.2, 0.25) is 11.9 Å². The average Bonchev–Trinajstić information content (AvgIpc) is 2.68. The summed E-state index contributed by atoms with van der Waals surface area (Å²) in [6.45, 7) is 4.52. The molecule has 2 aromatic rings. The Morgan fingerprint density at radius 2 is 2.00 bits per heavy atom. The first-order valence-corrected chi connectivity index (χ1v) is 9.21. The predicted molar refractivity (Wildman–Crippen MR) is 111 cm³/mol. The molecule has 0 bridgehead atoms. The summed E-state index contributed by atoms with van der Waals surface area (Å²) in [6.07, 6.45) is 2.32. The van der Waals surface area contributed by atoms with Crippen LogP contribution in [0.2, 0.25) is 0 Å². The number of aryl methyl sites for hydroxylation is 2. The molecule has 1 amide bonds. The molecule has 0 aliphatic carbocycles. The number of guanidine groups is 1. The fourth-order valence-corrected chi connectivity index (χ4v) is 2.65. The first-order valence-electron chi connectivity index (χ1n) is 9.21. The lowest BCUT2D eigenvalue weighted by Gasteiger charge is -2.13. The molecule has 29 heavy (non-hydrogen) atoms. The number of carbonyl (C=O) groups excluding carboxylic acids is 1. The van der Waals surface area contributed by atoms with Gasteiger partial charge >= 0.3 is 0 Å². The molecule has 0 aliphatic rings. The minimum Gasteiger partial charge on any atom is -0.391 e. The highest BCUT2D eigenvalue weighted by Crippen LogP contribution is 2.08. The number of benzene rings is 1. The van der Waals surface area contributed by atoms with Crippen molar-refractivity contribution in [3.05, 3.63) is 57.6 Å². The van der Waals surface area contributed by atoms with Crippen molar-refractivity contribution in [1.82, 2.24) is 14.9 Å². The fourth-order valence-electron chi connectivity index (χ4n) is 2.65. The third kappa shape index (κ3) is 6.83. The summed E-state index contributed by atoms with van der Waals surface area (Å²) in [5, 5.41) is 9.05. The number of anilines is 1. The highest BCUT2D eigenvalue weighted by atomic mass is 16.6. The van der Waals surface area contributed by atoms with Crippen molar-refractivity contribution in [3.8, 4) is 0 Å². The lowest BCUT2D eigenvalue weighted by molar-refractivity contribution is -0.122. The van der Waals surface area contributed by atoms with Gasteiger partial charge in [-0.2, -0.15) is 0 Å². The van der Waals surface area contributed by atoms with Crippen molar-refractivity contribution < 1.29 is 9.63 Å². The summed E-state index contributed by atoms with van der Waals surface area (Å²) in [5.41, 5.74) is 12.9. The molecule has 0 spiro atoms. The molecule has 1 aromatic heterocycles. The maximum Gasteiger partial charge on any atom is 0.293 e. The second-order valence-electron chi connectivity index (χ2n) is 6.44. The van der Waals surface area contributed by atoms with Crippen molar-refractivity contribution in [2.75, 3.05) is 25.0 Å². The minimum atomic E-state index is -0.346. The van der Waals surface area contributed by atoms with Crippen LogP contribution < -0.4 is 27.7 Å². The van der Waals surface area contributed by atoms with Crippen LogP contribution in [0.1, 0.15) is 16.8 Å². The summed E-state index contributed by atoms with van der Waals surface area (Å²) in [7, 11) is 0. The molecular formula is C19H27N7O3. The van der Waals surface area contributed by atoms with Gasteiger partial charge in [0.25, 0.3) is 5.56 Å². The summed E-state index contributed by atoms with van der Waals surface area (Å²) >= 11 is 0. The van der Waals surface area contributed by atoms with E-state index in [9.17, 15) is 9.59 Å². The Bertz CT molecular complexity index is 920. The van der Waals surface area contributed by atoms with Gasteiger partial charge in [0.05, 0.1) is 6.54 Å². The second-order valence-corrected chi connectivity index (χ2v) is 6.44. The molecule has 0 fully saturated rings. The molecular weight excluding hydrogens is 374 g/mol. The van der Waals surface area contributed by atoms with Crippen LogP contribution in [0.4, 0.5) is 5.82 Å². The third-order valence-electron chi connectivity index (χ3n) is 4.19. The van der Waals surface area contributed by atoms with Gasteiger partial charge in [-0.25, -0.2) is 4.98 Å². The van der Waals surface area contributed by atoms with Crippen LogP contribution in [0.5, 0.6) is 0 Å². The van der Waals surface area contributed by atoms with Crippen molar-refractivity contribution in [1.29, 1.82) is 0 Å². The predicted octanol–water partition coefficient (Wildman–Crippen LogP) is -0.164. The van der Waals surface area contributed by atoms with Gasteiger partial charge < -0.3 is 26.9 Å². The van der Waals surface area contributed by atoms with E-state index in [1.165, 1.54) is 15.7 Å². The van der Waals surface area contributed by atoms with Gasteiger partial charge in [0.15, 0.2) is 5.82 Å². The standard InChI is InChI=1S/C19H27N7O3/c1-13-5-3-4-6-15(13)7-8-23-17-18(28)26(14(2)11-24-17)12-16(27)22-9-10-29-25-19(20)21/h3-6,11H,7-10,12H2,1-2H3,(H,22,27)(H,23,24)(H4,20,21,25). The quantitative estimate of drug-likeness (QED) is 0.187. The summed E-state index contributed by atoms with van der Waals surface area (Å²) in [4.78, 5) is 33.7. The molecule has 0 radical (unpaired) electrons. The monoisotopic (exact) mass is 401 g/mol. The number of nitrogens with zero attached hydrogens (tertiary/aromatic N) is 3. The van der Waals surface area contributed by atoms with E-state index in [0.717, 1.165) is 6.42 Å². The molecule has 1 aromatic carbocycles. The van der Waals surface area contributed by atoms with Gasteiger partial charge in [-0.05, 0) is 36.6 Å². The highest BCUT2D eigenvalue weighted by molar-refractivity contribution is 5.76. The number of nitrogens with one attached hydrogen (secondary N) is 2. The number of hydrogen-bond acceptors (Lipinski definition) is 6. The molecule has 0 aliphatic heterocycles. The first-order chi connectivity index (χ1) is 13.9. The van der Waals surface area contributed by atoms with Gasteiger partial charge in [-0.1, -0.05) is 24.3 Å². The van der Waals surface area contributed by atoms with Crippen molar-refractivity contribution in [2.24, 2.45) is 16.6 Å². The topological polar surface area (TPSA) is 150 Å². The SMILES string of the molecule is Cc1ccccc1CCNc1ncc(C)n(CC(=O)NCCON=C(N)N)c1=O. The average molecular weight is 401 g/mol. The van der Waals surface area contributed by atoms with E-state index in [1.807, 2.05) is 25.1 Å². The number of carbonyl (C=O) groups is 1. The Labute approximate surface area is 168 Å². The van der Waals surface area contributed by atoms with Crippen LogP contribution in [0, 0.1) is 13.8 Å². The molecule has 0 atom stereocenters. The highest BCUT2D eigenvalue weighted by Gasteiger charge is 2.11. The molecule has 0 saturated carbocycles. The molecule has 6 N–H and O–H groups in total.